The van der Waals surface area contributed by atoms with Gasteiger partial charge < -0.3 is 15.3 Å². The van der Waals surface area contributed by atoms with Gasteiger partial charge in [-0.2, -0.15) is 0 Å². The van der Waals surface area contributed by atoms with Gasteiger partial charge in [0.15, 0.2) is 0 Å². The largest absolute Gasteiger partial charge is 0.508 e. The van der Waals surface area contributed by atoms with Crippen LogP contribution in [-0.2, 0) is 0 Å². The number of aromatic hydroxyl groups is 3. The summed E-state index contributed by atoms with van der Waals surface area (Å²) in [5.74, 6) is -1.48. The number of rotatable bonds is 6. The van der Waals surface area contributed by atoms with E-state index < -0.39 is 5.92 Å². The number of carbonyl (C=O) groups excluding carboxylic acids is 3. The van der Waals surface area contributed by atoms with Crippen LogP contribution in [0.4, 0.5) is 0 Å². The highest BCUT2D eigenvalue weighted by Crippen LogP contribution is 2.44. The Labute approximate surface area is 201 Å². The van der Waals surface area contributed by atoms with Crippen molar-refractivity contribution in [3.8, 4) is 17.2 Å². The lowest BCUT2D eigenvalue weighted by atomic mass is 9.82. The third-order valence-electron chi connectivity index (χ3n) is 4.50. The summed E-state index contributed by atoms with van der Waals surface area (Å²) in [6, 6.07) is 12.5. The number of phenolic OH excluding ortho intramolecular Hbond substituents is 3. The number of phenols is 3. The highest BCUT2D eigenvalue weighted by molar-refractivity contribution is 5.79. The minimum absolute atomic E-state index is 0.178. The van der Waals surface area contributed by atoms with Crippen molar-refractivity contribution in [1.82, 2.24) is 0 Å². The van der Waals surface area contributed by atoms with Gasteiger partial charge in [-0.25, -0.2) is 0 Å². The fraction of sp³-hybridized carbons (Fsp3) is 0.250. The van der Waals surface area contributed by atoms with Crippen molar-refractivity contribution < 1.29 is 29.7 Å². The molecule has 0 heterocycles. The lowest BCUT2D eigenvalue weighted by molar-refractivity contribution is 0.111. The molecule has 6 nitrogen and oxygen atoms in total. The van der Waals surface area contributed by atoms with E-state index in [0.29, 0.717) is 18.9 Å². The van der Waals surface area contributed by atoms with Crippen LogP contribution in [-0.4, -0.2) is 34.2 Å². The first-order valence-electron chi connectivity index (χ1n) is 11.3. The summed E-state index contributed by atoms with van der Waals surface area (Å²) in [4.78, 5) is 33.7. The van der Waals surface area contributed by atoms with E-state index >= 15 is 0 Å². The zero-order valence-electron chi connectivity index (χ0n) is 20.6. The Hall–Kier alpha value is -3.93. The number of aldehydes is 3. The molecule has 34 heavy (non-hydrogen) atoms. The van der Waals surface area contributed by atoms with E-state index in [-0.39, 0.29) is 50.6 Å². The Kier molecular flexibility index (Phi) is 14.0. The van der Waals surface area contributed by atoms with Crippen molar-refractivity contribution in [1.29, 1.82) is 0 Å². The molecule has 3 rings (SSSR count). The third-order valence-corrected chi connectivity index (χ3v) is 4.50. The Balaban J connectivity index is 0.00000168. The van der Waals surface area contributed by atoms with Crippen LogP contribution < -0.4 is 0 Å². The number of hydrogen-bond donors (Lipinski definition) is 3. The van der Waals surface area contributed by atoms with Crippen molar-refractivity contribution in [2.45, 2.75) is 47.5 Å². The smallest absolute Gasteiger partial charge is 0.150 e. The standard InChI is InChI=1S/C22H16O6.3C2H6/c23-10-13-1-4-19(26)16(7-13)22(17-8-14(11-24)2-5-20(17)27)18-9-15(12-25)3-6-21(18)28;3*1-2/h1-12,22,26-28H;3*1-2H3. The first-order valence-corrected chi connectivity index (χ1v) is 11.3. The van der Waals surface area contributed by atoms with Crippen LogP contribution in [0.15, 0.2) is 54.6 Å². The fourth-order valence-electron chi connectivity index (χ4n) is 3.14. The van der Waals surface area contributed by atoms with Crippen molar-refractivity contribution >= 4 is 18.9 Å². The summed E-state index contributed by atoms with van der Waals surface area (Å²) in [7, 11) is 0. The number of benzene rings is 3. The first-order chi connectivity index (χ1) is 16.5. The van der Waals surface area contributed by atoms with Crippen LogP contribution in [0.2, 0.25) is 0 Å². The molecule has 0 saturated heterocycles. The molecule has 3 aromatic rings. The first kappa shape index (κ1) is 30.1. The predicted molar refractivity (Wildman–Crippen MR) is 135 cm³/mol. The summed E-state index contributed by atoms with van der Waals surface area (Å²) in [5, 5.41) is 31.3. The Morgan fingerprint density at radius 3 is 0.941 bits per heavy atom. The topological polar surface area (TPSA) is 112 Å². The average molecular weight is 467 g/mol. The molecule has 182 valence electrons. The second kappa shape index (κ2) is 15.8. The number of carbonyl (C=O) groups is 3. The van der Waals surface area contributed by atoms with Crippen LogP contribution in [0.5, 0.6) is 17.2 Å². The van der Waals surface area contributed by atoms with Gasteiger partial charge in [0.25, 0.3) is 0 Å². The van der Waals surface area contributed by atoms with Crippen LogP contribution in [0, 0.1) is 0 Å². The molecule has 0 aromatic heterocycles. The third kappa shape index (κ3) is 7.30. The lowest BCUT2D eigenvalue weighted by Crippen LogP contribution is -2.07. The minimum Gasteiger partial charge on any atom is -0.508 e. The molecular weight excluding hydrogens is 432 g/mol. The SMILES string of the molecule is CC.CC.CC.O=Cc1ccc(O)c(C(c2cc(C=O)ccc2O)c2cc(C=O)ccc2O)c1. The molecule has 0 unspecified atom stereocenters. The summed E-state index contributed by atoms with van der Waals surface area (Å²) in [5.41, 5.74) is 1.49. The molecule has 0 fully saturated rings. The van der Waals surface area contributed by atoms with Gasteiger partial charge in [0.05, 0.1) is 0 Å². The van der Waals surface area contributed by atoms with Gasteiger partial charge in [-0.1, -0.05) is 41.5 Å². The van der Waals surface area contributed by atoms with Crippen molar-refractivity contribution in [2.24, 2.45) is 0 Å². The zero-order valence-corrected chi connectivity index (χ0v) is 20.6. The maximum absolute atomic E-state index is 11.2. The molecule has 0 aliphatic carbocycles. The monoisotopic (exact) mass is 466 g/mol. The molecule has 0 aliphatic rings. The lowest BCUT2D eigenvalue weighted by Gasteiger charge is -2.22. The van der Waals surface area contributed by atoms with E-state index in [1.165, 1.54) is 54.6 Å². The minimum atomic E-state index is -0.945. The fourth-order valence-corrected chi connectivity index (χ4v) is 3.14. The van der Waals surface area contributed by atoms with Crippen LogP contribution in [0.25, 0.3) is 0 Å². The normalized spacial score (nSPS) is 9.26. The summed E-state index contributed by atoms with van der Waals surface area (Å²) < 4.78 is 0. The summed E-state index contributed by atoms with van der Waals surface area (Å²) in [6.45, 7) is 12.0. The second-order valence-corrected chi connectivity index (χ2v) is 6.24. The molecule has 0 aliphatic heterocycles. The molecule has 0 saturated carbocycles. The average Bonchev–Trinajstić information content (AvgIpc) is 2.90. The Morgan fingerprint density at radius 2 is 0.735 bits per heavy atom. The van der Waals surface area contributed by atoms with Crippen LogP contribution >= 0.6 is 0 Å². The van der Waals surface area contributed by atoms with Crippen molar-refractivity contribution in [3.63, 3.8) is 0 Å². The highest BCUT2D eigenvalue weighted by Gasteiger charge is 2.26. The van der Waals surface area contributed by atoms with Crippen LogP contribution in [0.3, 0.4) is 0 Å². The van der Waals surface area contributed by atoms with E-state index in [9.17, 15) is 29.7 Å². The molecule has 0 amide bonds. The van der Waals surface area contributed by atoms with Gasteiger partial charge in [0, 0.05) is 39.3 Å². The molecule has 0 spiro atoms. The van der Waals surface area contributed by atoms with Gasteiger partial charge >= 0.3 is 0 Å². The van der Waals surface area contributed by atoms with E-state index in [1.54, 1.807) is 0 Å². The van der Waals surface area contributed by atoms with E-state index in [1.807, 2.05) is 41.5 Å². The predicted octanol–water partition coefficient (Wildman–Crippen LogP) is 6.50. The van der Waals surface area contributed by atoms with Crippen molar-refractivity contribution in [2.75, 3.05) is 0 Å². The van der Waals surface area contributed by atoms with E-state index in [4.69, 9.17) is 0 Å². The second-order valence-electron chi connectivity index (χ2n) is 6.24. The van der Waals surface area contributed by atoms with Gasteiger partial charge in [-0.15, -0.1) is 0 Å². The van der Waals surface area contributed by atoms with Crippen LogP contribution in [0.1, 0.15) is 95.2 Å². The number of hydrogen-bond acceptors (Lipinski definition) is 6. The van der Waals surface area contributed by atoms with Gasteiger partial charge in [-0.05, 0) is 54.6 Å². The van der Waals surface area contributed by atoms with E-state index in [0.717, 1.165) is 0 Å². The molecule has 0 radical (unpaired) electrons. The Morgan fingerprint density at radius 1 is 0.500 bits per heavy atom. The molecule has 3 aromatic carbocycles. The summed E-state index contributed by atoms with van der Waals surface area (Å²) >= 11 is 0. The quantitative estimate of drug-likeness (QED) is 0.282. The maximum Gasteiger partial charge on any atom is 0.150 e. The zero-order chi connectivity index (χ0) is 26.3. The molecule has 6 heteroatoms. The Bertz CT molecular complexity index is 936. The van der Waals surface area contributed by atoms with Crippen molar-refractivity contribution in [3.05, 3.63) is 88.0 Å². The maximum atomic E-state index is 11.2. The molecule has 0 atom stereocenters. The van der Waals surface area contributed by atoms with E-state index in [2.05, 4.69) is 0 Å². The van der Waals surface area contributed by atoms with Gasteiger partial charge in [0.1, 0.15) is 36.1 Å². The summed E-state index contributed by atoms with van der Waals surface area (Å²) in [6.07, 6.45) is 1.80. The molecule has 3 N–H and O–H groups in total. The molecular formula is C28H34O6. The molecule has 0 bridgehead atoms. The highest BCUT2D eigenvalue weighted by atomic mass is 16.3. The van der Waals surface area contributed by atoms with Gasteiger partial charge in [-0.3, -0.25) is 14.4 Å². The van der Waals surface area contributed by atoms with Gasteiger partial charge in [0.2, 0.25) is 0 Å².